The monoisotopic (exact) mass is 282 g/mol. The molecule has 3 aromatic rings. The second kappa shape index (κ2) is 5.28. The molecule has 0 fully saturated rings. The van der Waals surface area contributed by atoms with Gasteiger partial charge >= 0.3 is 5.97 Å². The number of esters is 1. The van der Waals surface area contributed by atoms with Crippen LogP contribution in [0, 0.1) is 0 Å². The molecule has 0 aliphatic rings. The normalized spacial score (nSPS) is 10.7. The molecule has 2 aromatic heterocycles. The van der Waals surface area contributed by atoms with E-state index in [0.29, 0.717) is 12.1 Å². The van der Waals surface area contributed by atoms with Crippen molar-refractivity contribution in [3.63, 3.8) is 0 Å². The third-order valence-corrected chi connectivity index (χ3v) is 3.29. The summed E-state index contributed by atoms with van der Waals surface area (Å²) in [5, 5.41) is 9.53. The predicted molar refractivity (Wildman–Crippen MR) is 77.4 cm³/mol. The molecule has 0 atom stereocenters. The van der Waals surface area contributed by atoms with Crippen molar-refractivity contribution in [1.82, 2.24) is 9.38 Å². The molecule has 5 nitrogen and oxygen atoms in total. The number of phenolic OH excluding ortho intramolecular Hbond substituents is 1. The first-order valence-corrected chi connectivity index (χ1v) is 6.50. The first-order valence-electron chi connectivity index (χ1n) is 6.50. The molecule has 0 radical (unpaired) electrons. The molecular weight excluding hydrogens is 268 g/mol. The Morgan fingerprint density at radius 3 is 2.86 bits per heavy atom. The molecule has 106 valence electrons. The van der Waals surface area contributed by atoms with Gasteiger partial charge in [0.1, 0.15) is 17.3 Å². The minimum absolute atomic E-state index is 0.210. The fraction of sp³-hybridized carbons (Fsp3) is 0.125. The van der Waals surface area contributed by atoms with Gasteiger partial charge in [-0.3, -0.25) is 4.40 Å². The minimum atomic E-state index is -0.407. The van der Waals surface area contributed by atoms with E-state index in [1.165, 1.54) is 7.11 Å². The largest absolute Gasteiger partial charge is 0.508 e. The van der Waals surface area contributed by atoms with E-state index in [-0.39, 0.29) is 5.75 Å². The maximum atomic E-state index is 11.9. The van der Waals surface area contributed by atoms with Crippen molar-refractivity contribution in [2.45, 2.75) is 6.42 Å². The number of hydrogen-bond donors (Lipinski definition) is 1. The van der Waals surface area contributed by atoms with E-state index >= 15 is 0 Å². The molecule has 5 heteroatoms. The van der Waals surface area contributed by atoms with E-state index < -0.39 is 5.97 Å². The third kappa shape index (κ3) is 2.45. The molecule has 0 saturated heterocycles. The van der Waals surface area contributed by atoms with Crippen LogP contribution in [0.2, 0.25) is 0 Å². The zero-order valence-electron chi connectivity index (χ0n) is 11.5. The summed E-state index contributed by atoms with van der Waals surface area (Å²) in [6.07, 6.45) is 2.22. The summed E-state index contributed by atoms with van der Waals surface area (Å²) in [6, 6.07) is 12.4. The maximum Gasteiger partial charge on any atom is 0.355 e. The van der Waals surface area contributed by atoms with E-state index in [4.69, 9.17) is 4.74 Å². The number of nitrogens with zero attached hydrogens (tertiary/aromatic N) is 2. The van der Waals surface area contributed by atoms with Gasteiger partial charge in [0.15, 0.2) is 0 Å². The highest BCUT2D eigenvalue weighted by Gasteiger charge is 2.14. The second-order valence-electron chi connectivity index (χ2n) is 4.68. The molecule has 1 N–H and O–H groups in total. The van der Waals surface area contributed by atoms with Gasteiger partial charge in [-0.2, -0.15) is 0 Å². The molecule has 0 spiro atoms. The van der Waals surface area contributed by atoms with Crippen LogP contribution in [0.3, 0.4) is 0 Å². The van der Waals surface area contributed by atoms with Crippen molar-refractivity contribution in [1.29, 1.82) is 0 Å². The fourth-order valence-corrected chi connectivity index (χ4v) is 2.35. The van der Waals surface area contributed by atoms with Crippen molar-refractivity contribution in [2.24, 2.45) is 0 Å². The Morgan fingerprint density at radius 2 is 2.10 bits per heavy atom. The minimum Gasteiger partial charge on any atom is -0.508 e. The Kier molecular flexibility index (Phi) is 3.31. The van der Waals surface area contributed by atoms with Gasteiger partial charge in [-0.1, -0.05) is 18.2 Å². The Bertz CT molecular complexity index is 808. The molecule has 1 aromatic carbocycles. The number of rotatable bonds is 3. The quantitative estimate of drug-likeness (QED) is 0.749. The SMILES string of the molecule is COC(=O)c1cccc2cnc(Cc3cccc(O)c3)n12. The summed E-state index contributed by atoms with van der Waals surface area (Å²) in [6.45, 7) is 0. The number of pyridine rings is 1. The van der Waals surface area contributed by atoms with Gasteiger partial charge in [-0.25, -0.2) is 9.78 Å². The molecule has 0 saturated carbocycles. The number of ether oxygens (including phenoxy) is 1. The lowest BCUT2D eigenvalue weighted by Crippen LogP contribution is -2.10. The molecule has 2 heterocycles. The van der Waals surface area contributed by atoms with E-state index in [1.54, 1.807) is 40.9 Å². The van der Waals surface area contributed by atoms with Crippen molar-refractivity contribution in [3.05, 3.63) is 65.7 Å². The van der Waals surface area contributed by atoms with Crippen LogP contribution in [-0.4, -0.2) is 27.6 Å². The molecule has 0 aliphatic heterocycles. The van der Waals surface area contributed by atoms with Crippen LogP contribution in [0.4, 0.5) is 0 Å². The zero-order valence-corrected chi connectivity index (χ0v) is 11.5. The first kappa shape index (κ1) is 13.2. The average molecular weight is 282 g/mol. The van der Waals surface area contributed by atoms with Gasteiger partial charge in [-0.05, 0) is 29.8 Å². The fourth-order valence-electron chi connectivity index (χ4n) is 2.35. The molecule has 0 bridgehead atoms. The van der Waals surface area contributed by atoms with Crippen LogP contribution in [-0.2, 0) is 11.2 Å². The summed E-state index contributed by atoms with van der Waals surface area (Å²) in [7, 11) is 1.35. The summed E-state index contributed by atoms with van der Waals surface area (Å²) < 4.78 is 6.58. The van der Waals surface area contributed by atoms with E-state index in [2.05, 4.69) is 4.98 Å². The number of carbonyl (C=O) groups is 1. The van der Waals surface area contributed by atoms with Gasteiger partial charge in [0.25, 0.3) is 0 Å². The van der Waals surface area contributed by atoms with Crippen LogP contribution in [0.5, 0.6) is 5.75 Å². The Labute approximate surface area is 121 Å². The van der Waals surface area contributed by atoms with Crippen LogP contribution in [0.1, 0.15) is 21.9 Å². The number of aromatic nitrogens is 2. The number of phenols is 1. The van der Waals surface area contributed by atoms with Crippen molar-refractivity contribution >= 4 is 11.5 Å². The zero-order chi connectivity index (χ0) is 14.8. The predicted octanol–water partition coefficient (Wildman–Crippen LogP) is 2.42. The molecule has 0 unspecified atom stereocenters. The smallest absolute Gasteiger partial charge is 0.355 e. The number of benzene rings is 1. The topological polar surface area (TPSA) is 63.8 Å². The van der Waals surface area contributed by atoms with Crippen LogP contribution in [0.15, 0.2) is 48.7 Å². The number of aromatic hydroxyl groups is 1. The lowest BCUT2D eigenvalue weighted by molar-refractivity contribution is 0.0592. The van der Waals surface area contributed by atoms with Gasteiger partial charge in [0.05, 0.1) is 18.8 Å². The molecule has 0 amide bonds. The summed E-state index contributed by atoms with van der Waals surface area (Å²) in [5.41, 5.74) is 2.18. The van der Waals surface area contributed by atoms with E-state index in [9.17, 15) is 9.90 Å². The van der Waals surface area contributed by atoms with Gasteiger partial charge < -0.3 is 9.84 Å². The first-order chi connectivity index (χ1) is 10.2. The van der Waals surface area contributed by atoms with Crippen LogP contribution in [0.25, 0.3) is 5.52 Å². The van der Waals surface area contributed by atoms with E-state index in [0.717, 1.165) is 16.9 Å². The number of fused-ring (bicyclic) bond motifs is 1. The van der Waals surface area contributed by atoms with Crippen molar-refractivity contribution in [2.75, 3.05) is 7.11 Å². The van der Waals surface area contributed by atoms with Gasteiger partial charge in [0.2, 0.25) is 0 Å². The Hall–Kier alpha value is -2.82. The van der Waals surface area contributed by atoms with Crippen molar-refractivity contribution < 1.29 is 14.6 Å². The molecule has 0 aliphatic carbocycles. The van der Waals surface area contributed by atoms with Gasteiger partial charge in [-0.15, -0.1) is 0 Å². The summed E-state index contributed by atoms with van der Waals surface area (Å²) in [4.78, 5) is 16.2. The number of imidazole rings is 1. The van der Waals surface area contributed by atoms with Crippen molar-refractivity contribution in [3.8, 4) is 5.75 Å². The lowest BCUT2D eigenvalue weighted by atomic mass is 10.1. The van der Waals surface area contributed by atoms with Crippen LogP contribution < -0.4 is 0 Å². The number of carbonyl (C=O) groups excluding carboxylic acids is 1. The van der Waals surface area contributed by atoms with E-state index in [1.807, 2.05) is 12.1 Å². The van der Waals surface area contributed by atoms with Gasteiger partial charge in [0, 0.05) is 6.42 Å². The summed E-state index contributed by atoms with van der Waals surface area (Å²) >= 11 is 0. The average Bonchev–Trinajstić information content (AvgIpc) is 2.90. The molecule has 3 rings (SSSR count). The standard InChI is InChI=1S/C16H14N2O3/c1-21-16(20)14-7-3-5-12-10-17-15(18(12)14)9-11-4-2-6-13(19)8-11/h2-8,10,19H,9H2,1H3. The number of methoxy groups -OCH3 is 1. The summed E-state index contributed by atoms with van der Waals surface area (Å²) in [5.74, 6) is 0.522. The number of hydrogen-bond acceptors (Lipinski definition) is 4. The highest BCUT2D eigenvalue weighted by molar-refractivity contribution is 5.88. The highest BCUT2D eigenvalue weighted by atomic mass is 16.5. The Balaban J connectivity index is 2.09. The Morgan fingerprint density at radius 1 is 1.29 bits per heavy atom. The third-order valence-electron chi connectivity index (χ3n) is 3.29. The molecular formula is C16H14N2O3. The maximum absolute atomic E-state index is 11.9. The highest BCUT2D eigenvalue weighted by Crippen LogP contribution is 2.17. The van der Waals surface area contributed by atoms with Crippen LogP contribution >= 0.6 is 0 Å². The molecule has 21 heavy (non-hydrogen) atoms. The second-order valence-corrected chi connectivity index (χ2v) is 4.68. The lowest BCUT2D eigenvalue weighted by Gasteiger charge is -2.07.